The zero-order valence-electron chi connectivity index (χ0n) is 15.2. The smallest absolute Gasteiger partial charge is 0.266 e. The molecule has 0 aliphatic carbocycles. The van der Waals surface area contributed by atoms with Crippen molar-refractivity contribution in [2.24, 2.45) is 0 Å². The SMILES string of the molecule is Cc1ncsc1C(=O)N1[C@@H]2CC[C@H]1CC(O)(Cn1ccc3ccncc31)C2. The standard InChI is InChI=1S/C20H22N4O2S/c1-13-18(27-12-22-13)19(25)24-15-2-3-16(24)9-20(26,8-15)11-23-7-5-14-4-6-21-10-17(14)23/h4-7,10,12,15-16,26H,2-3,8-9,11H2,1H3/t15-,16+,20?. The minimum absolute atomic E-state index is 0.0835. The molecule has 5 heterocycles. The fourth-order valence-corrected chi connectivity index (χ4v) is 5.64. The van der Waals surface area contributed by atoms with Crippen LogP contribution in [0, 0.1) is 6.92 Å². The summed E-state index contributed by atoms with van der Waals surface area (Å²) in [5.41, 5.74) is 2.77. The molecule has 7 heteroatoms. The Bertz CT molecular complexity index is 996. The van der Waals surface area contributed by atoms with Crippen LogP contribution in [0.1, 0.15) is 41.0 Å². The van der Waals surface area contributed by atoms with Crippen molar-refractivity contribution in [1.82, 2.24) is 19.4 Å². The largest absolute Gasteiger partial charge is 0.388 e. The Morgan fingerprint density at radius 1 is 1.33 bits per heavy atom. The van der Waals surface area contributed by atoms with Crippen LogP contribution in [0.2, 0.25) is 0 Å². The van der Waals surface area contributed by atoms with Crippen LogP contribution in [0.25, 0.3) is 10.9 Å². The number of piperidine rings is 1. The monoisotopic (exact) mass is 382 g/mol. The van der Waals surface area contributed by atoms with Crippen molar-refractivity contribution in [3.05, 3.63) is 46.8 Å². The molecule has 2 fully saturated rings. The van der Waals surface area contributed by atoms with Gasteiger partial charge in [0.15, 0.2) is 0 Å². The highest BCUT2D eigenvalue weighted by molar-refractivity contribution is 7.11. The topological polar surface area (TPSA) is 71.2 Å². The molecule has 6 nitrogen and oxygen atoms in total. The first-order valence-corrected chi connectivity index (χ1v) is 10.3. The number of nitrogens with zero attached hydrogens (tertiary/aromatic N) is 4. The Labute approximate surface area is 161 Å². The quantitative estimate of drug-likeness (QED) is 0.756. The average molecular weight is 382 g/mol. The number of thiazole rings is 1. The highest BCUT2D eigenvalue weighted by atomic mass is 32.1. The Kier molecular flexibility index (Phi) is 3.84. The zero-order valence-corrected chi connectivity index (χ0v) is 16.0. The predicted octanol–water partition coefficient (Wildman–Crippen LogP) is 3.00. The molecule has 1 unspecified atom stereocenters. The molecule has 27 heavy (non-hydrogen) atoms. The van der Waals surface area contributed by atoms with Gasteiger partial charge in [-0.2, -0.15) is 0 Å². The van der Waals surface area contributed by atoms with E-state index in [4.69, 9.17) is 0 Å². The van der Waals surface area contributed by atoms with E-state index in [1.807, 2.05) is 30.3 Å². The summed E-state index contributed by atoms with van der Waals surface area (Å²) in [7, 11) is 0. The maximum atomic E-state index is 13.0. The van der Waals surface area contributed by atoms with Crippen LogP contribution in [0.5, 0.6) is 0 Å². The Balaban J connectivity index is 1.39. The van der Waals surface area contributed by atoms with Gasteiger partial charge in [-0.1, -0.05) is 0 Å². The van der Waals surface area contributed by atoms with Gasteiger partial charge < -0.3 is 14.6 Å². The molecule has 3 atom stereocenters. The van der Waals surface area contributed by atoms with E-state index < -0.39 is 5.60 Å². The normalized spacial score (nSPS) is 27.4. The van der Waals surface area contributed by atoms with Gasteiger partial charge in [0.1, 0.15) is 4.88 Å². The van der Waals surface area contributed by atoms with Crippen LogP contribution in [-0.2, 0) is 6.54 Å². The molecule has 2 aliphatic rings. The maximum Gasteiger partial charge on any atom is 0.266 e. The number of pyridine rings is 1. The van der Waals surface area contributed by atoms with E-state index in [-0.39, 0.29) is 18.0 Å². The van der Waals surface area contributed by atoms with Crippen LogP contribution >= 0.6 is 11.3 Å². The molecule has 2 aliphatic heterocycles. The van der Waals surface area contributed by atoms with Gasteiger partial charge in [-0.05, 0) is 44.7 Å². The van der Waals surface area contributed by atoms with Gasteiger partial charge in [0.25, 0.3) is 5.91 Å². The molecule has 0 aromatic carbocycles. The van der Waals surface area contributed by atoms with E-state index in [0.717, 1.165) is 34.3 Å². The van der Waals surface area contributed by atoms with Gasteiger partial charge in [-0.25, -0.2) is 4.98 Å². The van der Waals surface area contributed by atoms with E-state index in [1.54, 1.807) is 11.7 Å². The third-order valence-electron chi connectivity index (χ3n) is 6.07. The maximum absolute atomic E-state index is 13.0. The Hall–Kier alpha value is -2.25. The lowest BCUT2D eigenvalue weighted by Crippen LogP contribution is -2.54. The summed E-state index contributed by atoms with van der Waals surface area (Å²) >= 11 is 1.41. The molecule has 0 spiro atoms. The van der Waals surface area contributed by atoms with Crippen LogP contribution in [0.3, 0.4) is 0 Å². The highest BCUT2D eigenvalue weighted by Gasteiger charge is 2.49. The molecule has 2 bridgehead atoms. The molecular formula is C20H22N4O2S. The van der Waals surface area contributed by atoms with E-state index in [2.05, 4.69) is 20.6 Å². The van der Waals surface area contributed by atoms with E-state index in [0.29, 0.717) is 19.4 Å². The van der Waals surface area contributed by atoms with Gasteiger partial charge in [-0.15, -0.1) is 11.3 Å². The van der Waals surface area contributed by atoms with Crippen molar-refractivity contribution in [2.45, 2.75) is 56.8 Å². The molecule has 0 radical (unpaired) electrons. The second-order valence-electron chi connectivity index (χ2n) is 7.88. The summed E-state index contributed by atoms with van der Waals surface area (Å²) in [4.78, 5) is 24.2. The Morgan fingerprint density at radius 2 is 2.11 bits per heavy atom. The van der Waals surface area contributed by atoms with Crippen molar-refractivity contribution in [2.75, 3.05) is 0 Å². The molecule has 1 amide bonds. The number of amides is 1. The molecule has 1 N–H and O–H groups in total. The first kappa shape index (κ1) is 16.9. The van der Waals surface area contributed by atoms with Gasteiger partial charge in [0.2, 0.25) is 0 Å². The summed E-state index contributed by atoms with van der Waals surface area (Å²) in [6, 6.07) is 4.24. The fraction of sp³-hybridized carbons (Fsp3) is 0.450. The van der Waals surface area contributed by atoms with Crippen LogP contribution in [-0.4, -0.2) is 48.1 Å². The molecule has 140 valence electrons. The number of aliphatic hydroxyl groups is 1. The number of hydrogen-bond donors (Lipinski definition) is 1. The molecule has 5 rings (SSSR count). The van der Waals surface area contributed by atoms with Gasteiger partial charge in [0.05, 0.1) is 35.1 Å². The average Bonchev–Trinajstić information content (AvgIpc) is 3.32. The third kappa shape index (κ3) is 2.76. The first-order valence-electron chi connectivity index (χ1n) is 9.38. The third-order valence-corrected chi connectivity index (χ3v) is 6.98. The number of aryl methyl sites for hydroxylation is 1. The number of aromatic nitrogens is 3. The summed E-state index contributed by atoms with van der Waals surface area (Å²) in [5.74, 6) is 0.0835. The van der Waals surface area contributed by atoms with Crippen molar-refractivity contribution in [3.8, 4) is 0 Å². The minimum Gasteiger partial charge on any atom is -0.388 e. The molecule has 2 saturated heterocycles. The summed E-state index contributed by atoms with van der Waals surface area (Å²) in [6.45, 7) is 2.42. The molecule has 3 aromatic rings. The second-order valence-corrected chi connectivity index (χ2v) is 8.73. The van der Waals surface area contributed by atoms with E-state index in [1.165, 1.54) is 11.3 Å². The highest BCUT2D eigenvalue weighted by Crippen LogP contribution is 2.43. The number of rotatable bonds is 3. The lowest BCUT2D eigenvalue weighted by atomic mass is 9.85. The van der Waals surface area contributed by atoms with Gasteiger partial charge >= 0.3 is 0 Å². The number of carbonyl (C=O) groups is 1. The predicted molar refractivity (Wildman–Crippen MR) is 104 cm³/mol. The van der Waals surface area contributed by atoms with Crippen LogP contribution in [0.4, 0.5) is 0 Å². The first-order chi connectivity index (χ1) is 13.0. The minimum atomic E-state index is -0.798. The summed E-state index contributed by atoms with van der Waals surface area (Å²) in [6.07, 6.45) is 8.81. The van der Waals surface area contributed by atoms with Crippen LogP contribution in [0.15, 0.2) is 36.2 Å². The summed E-state index contributed by atoms with van der Waals surface area (Å²) in [5, 5.41) is 12.5. The summed E-state index contributed by atoms with van der Waals surface area (Å²) < 4.78 is 2.09. The van der Waals surface area contributed by atoms with Gasteiger partial charge in [0, 0.05) is 29.9 Å². The van der Waals surface area contributed by atoms with Crippen molar-refractivity contribution in [1.29, 1.82) is 0 Å². The van der Waals surface area contributed by atoms with Crippen molar-refractivity contribution >= 4 is 28.1 Å². The molecule has 0 saturated carbocycles. The van der Waals surface area contributed by atoms with Crippen molar-refractivity contribution in [3.63, 3.8) is 0 Å². The lowest BCUT2D eigenvalue weighted by molar-refractivity contribution is -0.0532. The Morgan fingerprint density at radius 3 is 2.81 bits per heavy atom. The number of fused-ring (bicyclic) bond motifs is 3. The lowest BCUT2D eigenvalue weighted by Gasteiger charge is -2.44. The fourth-order valence-electron chi connectivity index (χ4n) is 4.89. The molecular weight excluding hydrogens is 360 g/mol. The number of hydrogen-bond acceptors (Lipinski definition) is 5. The molecule has 3 aromatic heterocycles. The zero-order chi connectivity index (χ0) is 18.6. The second kappa shape index (κ2) is 6.14. The number of carbonyl (C=O) groups excluding carboxylic acids is 1. The van der Waals surface area contributed by atoms with Gasteiger partial charge in [-0.3, -0.25) is 9.78 Å². The van der Waals surface area contributed by atoms with E-state index in [9.17, 15) is 9.90 Å². The van der Waals surface area contributed by atoms with Crippen molar-refractivity contribution < 1.29 is 9.90 Å². The van der Waals surface area contributed by atoms with E-state index >= 15 is 0 Å². The van der Waals surface area contributed by atoms with Crippen LogP contribution < -0.4 is 0 Å².